The molecule has 0 unspecified atom stereocenters. The zero-order chi connectivity index (χ0) is 14.0. The van der Waals surface area contributed by atoms with E-state index in [0.717, 1.165) is 16.9 Å². The highest BCUT2D eigenvalue weighted by Crippen LogP contribution is 2.30. The molecule has 6 heteroatoms. The monoisotopic (exact) mass is 300 g/mol. The van der Waals surface area contributed by atoms with E-state index in [0.29, 0.717) is 24.5 Å². The Morgan fingerprint density at radius 2 is 2.16 bits per heavy atom. The lowest BCUT2D eigenvalue weighted by Crippen LogP contribution is -2.35. The van der Waals surface area contributed by atoms with Crippen LogP contribution in [0.3, 0.4) is 0 Å². The van der Waals surface area contributed by atoms with Gasteiger partial charge in [0.25, 0.3) is 0 Å². The third kappa shape index (κ3) is 2.91. The topological polar surface area (TPSA) is 49.4 Å². The van der Waals surface area contributed by atoms with Crippen LogP contribution in [-0.2, 0) is 16.6 Å². The van der Waals surface area contributed by atoms with Crippen molar-refractivity contribution < 1.29 is 8.42 Å². The Morgan fingerprint density at radius 1 is 1.42 bits per heavy atom. The SMILES string of the molecule is CNCc1scc(C)c1S(=O)(=O)N1CC=C(C)CC1. The van der Waals surface area contributed by atoms with Gasteiger partial charge in [-0.1, -0.05) is 11.6 Å². The molecule has 0 bridgehead atoms. The van der Waals surface area contributed by atoms with E-state index in [1.54, 1.807) is 4.31 Å². The second-order valence-electron chi connectivity index (χ2n) is 4.86. The fourth-order valence-corrected chi connectivity index (χ4v) is 5.37. The Morgan fingerprint density at radius 3 is 2.74 bits per heavy atom. The third-order valence-electron chi connectivity index (χ3n) is 3.32. The lowest BCUT2D eigenvalue weighted by Gasteiger charge is -2.25. The van der Waals surface area contributed by atoms with Crippen molar-refractivity contribution in [1.29, 1.82) is 0 Å². The highest BCUT2D eigenvalue weighted by molar-refractivity contribution is 7.89. The first-order valence-corrected chi connectivity index (χ1v) is 8.66. The second-order valence-corrected chi connectivity index (χ2v) is 7.70. The van der Waals surface area contributed by atoms with E-state index in [4.69, 9.17) is 0 Å². The Bertz CT molecular complexity index is 588. The summed E-state index contributed by atoms with van der Waals surface area (Å²) in [5, 5.41) is 4.96. The molecule has 0 saturated heterocycles. The molecule has 1 aliphatic heterocycles. The van der Waals surface area contributed by atoms with Crippen LogP contribution in [0.15, 0.2) is 21.9 Å². The van der Waals surface area contributed by atoms with E-state index >= 15 is 0 Å². The summed E-state index contributed by atoms with van der Waals surface area (Å²) in [5.41, 5.74) is 2.12. The number of thiophene rings is 1. The smallest absolute Gasteiger partial charge is 0.244 e. The molecule has 1 aromatic heterocycles. The average Bonchev–Trinajstić information content (AvgIpc) is 2.72. The van der Waals surface area contributed by atoms with Crippen molar-refractivity contribution in [3.8, 4) is 0 Å². The molecule has 1 aliphatic rings. The fraction of sp³-hybridized carbons (Fsp3) is 0.538. The second kappa shape index (κ2) is 5.75. The zero-order valence-corrected chi connectivity index (χ0v) is 13.2. The molecule has 0 radical (unpaired) electrons. The Kier molecular flexibility index (Phi) is 4.45. The van der Waals surface area contributed by atoms with Gasteiger partial charge in [-0.25, -0.2) is 8.42 Å². The van der Waals surface area contributed by atoms with Gasteiger partial charge in [0.05, 0.1) is 0 Å². The lowest BCUT2D eigenvalue weighted by molar-refractivity contribution is 0.430. The molecule has 0 amide bonds. The van der Waals surface area contributed by atoms with Crippen molar-refractivity contribution in [3.63, 3.8) is 0 Å². The minimum absolute atomic E-state index is 0.489. The summed E-state index contributed by atoms with van der Waals surface area (Å²) >= 11 is 1.51. The molecule has 106 valence electrons. The molecule has 0 spiro atoms. The van der Waals surface area contributed by atoms with Gasteiger partial charge < -0.3 is 5.32 Å². The Balaban J connectivity index is 2.37. The van der Waals surface area contributed by atoms with Gasteiger partial charge in [-0.3, -0.25) is 0 Å². The highest BCUT2D eigenvalue weighted by Gasteiger charge is 2.30. The minimum Gasteiger partial charge on any atom is -0.315 e. The maximum atomic E-state index is 12.7. The van der Waals surface area contributed by atoms with Crippen LogP contribution in [0.1, 0.15) is 23.8 Å². The summed E-state index contributed by atoms with van der Waals surface area (Å²) in [7, 11) is -1.53. The number of rotatable bonds is 4. The normalized spacial score (nSPS) is 17.5. The number of hydrogen-bond acceptors (Lipinski definition) is 4. The number of nitrogens with one attached hydrogen (secondary N) is 1. The Labute approximate surface area is 119 Å². The van der Waals surface area contributed by atoms with Gasteiger partial charge in [0.15, 0.2) is 0 Å². The molecule has 1 aromatic rings. The number of aryl methyl sites for hydroxylation is 1. The standard InChI is InChI=1S/C13H20N2O2S2/c1-10-4-6-15(7-5-10)19(16,17)13-11(2)9-18-12(13)8-14-3/h4,9,14H,5-8H2,1-3H3. The number of sulfonamides is 1. The van der Waals surface area contributed by atoms with Crippen LogP contribution in [-0.4, -0.2) is 32.9 Å². The van der Waals surface area contributed by atoms with Crippen molar-refractivity contribution in [1.82, 2.24) is 9.62 Å². The first kappa shape index (κ1) is 14.7. The molecule has 0 atom stereocenters. The molecular weight excluding hydrogens is 280 g/mol. The molecule has 0 aliphatic carbocycles. The van der Waals surface area contributed by atoms with E-state index in [1.165, 1.54) is 16.9 Å². The van der Waals surface area contributed by atoms with Gasteiger partial charge in [0.2, 0.25) is 10.0 Å². The van der Waals surface area contributed by atoms with Crippen LogP contribution >= 0.6 is 11.3 Å². The first-order valence-electron chi connectivity index (χ1n) is 6.34. The third-order valence-corrected chi connectivity index (χ3v) is 6.65. The van der Waals surface area contributed by atoms with E-state index in [9.17, 15) is 8.42 Å². The van der Waals surface area contributed by atoms with Crippen molar-refractivity contribution in [2.24, 2.45) is 0 Å². The Hall–Kier alpha value is -0.690. The lowest BCUT2D eigenvalue weighted by atomic mass is 10.1. The van der Waals surface area contributed by atoms with Crippen molar-refractivity contribution in [3.05, 3.63) is 27.5 Å². The molecular formula is C13H20N2O2S2. The minimum atomic E-state index is -3.37. The molecule has 0 aromatic carbocycles. The molecule has 0 fully saturated rings. The van der Waals surface area contributed by atoms with Crippen LogP contribution in [0.25, 0.3) is 0 Å². The van der Waals surface area contributed by atoms with E-state index in [-0.39, 0.29) is 0 Å². The van der Waals surface area contributed by atoms with Gasteiger partial charge in [-0.15, -0.1) is 11.3 Å². The maximum Gasteiger partial charge on any atom is 0.244 e. The van der Waals surface area contributed by atoms with Gasteiger partial charge in [-0.05, 0) is 38.3 Å². The summed E-state index contributed by atoms with van der Waals surface area (Å²) < 4.78 is 27.1. The maximum absolute atomic E-state index is 12.7. The van der Waals surface area contributed by atoms with Crippen LogP contribution in [0.4, 0.5) is 0 Å². The summed E-state index contributed by atoms with van der Waals surface area (Å²) in [6, 6.07) is 0. The summed E-state index contributed by atoms with van der Waals surface area (Å²) in [6.07, 6.45) is 2.82. The van der Waals surface area contributed by atoms with Gasteiger partial charge >= 0.3 is 0 Å². The molecule has 4 nitrogen and oxygen atoms in total. The largest absolute Gasteiger partial charge is 0.315 e. The summed E-state index contributed by atoms with van der Waals surface area (Å²) in [6.45, 7) is 5.58. The van der Waals surface area contributed by atoms with Crippen LogP contribution in [0.5, 0.6) is 0 Å². The zero-order valence-electron chi connectivity index (χ0n) is 11.6. The van der Waals surface area contributed by atoms with Crippen LogP contribution < -0.4 is 5.32 Å². The average molecular weight is 300 g/mol. The molecule has 2 rings (SSSR count). The fourth-order valence-electron chi connectivity index (χ4n) is 2.22. The van der Waals surface area contributed by atoms with Gasteiger partial charge in [0, 0.05) is 24.5 Å². The highest BCUT2D eigenvalue weighted by atomic mass is 32.2. The van der Waals surface area contributed by atoms with Crippen LogP contribution in [0.2, 0.25) is 0 Å². The number of nitrogens with zero attached hydrogens (tertiary/aromatic N) is 1. The predicted octanol–water partition coefficient (Wildman–Crippen LogP) is 2.12. The van der Waals surface area contributed by atoms with Crippen molar-refractivity contribution in [2.45, 2.75) is 31.7 Å². The van der Waals surface area contributed by atoms with E-state index < -0.39 is 10.0 Å². The van der Waals surface area contributed by atoms with Crippen molar-refractivity contribution in [2.75, 3.05) is 20.1 Å². The molecule has 19 heavy (non-hydrogen) atoms. The molecule has 1 N–H and O–H groups in total. The molecule has 2 heterocycles. The molecule has 0 saturated carbocycles. The van der Waals surface area contributed by atoms with Crippen LogP contribution in [0, 0.1) is 6.92 Å². The summed E-state index contributed by atoms with van der Waals surface area (Å²) in [5.74, 6) is 0. The van der Waals surface area contributed by atoms with E-state index in [1.807, 2.05) is 32.4 Å². The summed E-state index contributed by atoms with van der Waals surface area (Å²) in [4.78, 5) is 1.39. The van der Waals surface area contributed by atoms with E-state index in [2.05, 4.69) is 5.32 Å². The quantitative estimate of drug-likeness (QED) is 0.867. The number of hydrogen-bond donors (Lipinski definition) is 1. The first-order chi connectivity index (χ1) is 8.96. The van der Waals surface area contributed by atoms with Gasteiger partial charge in [0.1, 0.15) is 4.90 Å². The van der Waals surface area contributed by atoms with Gasteiger partial charge in [-0.2, -0.15) is 4.31 Å². The predicted molar refractivity (Wildman–Crippen MR) is 79.0 cm³/mol. The van der Waals surface area contributed by atoms with Crippen molar-refractivity contribution >= 4 is 21.4 Å².